The van der Waals surface area contributed by atoms with Crippen molar-refractivity contribution in [3.05, 3.63) is 62.8 Å². The summed E-state index contributed by atoms with van der Waals surface area (Å²) in [4.78, 5) is 4.11. The molecule has 0 saturated heterocycles. The Morgan fingerprint density at radius 2 is 2.06 bits per heavy atom. The zero-order valence-electron chi connectivity index (χ0n) is 8.90. The zero-order chi connectivity index (χ0) is 12.3. The Kier molecular flexibility index (Phi) is 4.28. The van der Waals surface area contributed by atoms with Crippen LogP contribution in [-0.2, 0) is 0 Å². The fourth-order valence-electron chi connectivity index (χ4n) is 1.65. The number of hydrazine groups is 1. The number of pyridine rings is 1. The van der Waals surface area contributed by atoms with Crippen LogP contribution in [0.2, 0.25) is 0 Å². The number of rotatable bonds is 3. The number of nitrogens with two attached hydrogens (primary N) is 1. The highest BCUT2D eigenvalue weighted by atomic mass is 79.9. The van der Waals surface area contributed by atoms with E-state index in [0.29, 0.717) is 0 Å². The molecule has 1 aromatic carbocycles. The third kappa shape index (κ3) is 2.93. The molecule has 3 N–H and O–H groups in total. The van der Waals surface area contributed by atoms with Crippen LogP contribution in [0.4, 0.5) is 0 Å². The Morgan fingerprint density at radius 3 is 2.65 bits per heavy atom. The summed E-state index contributed by atoms with van der Waals surface area (Å²) in [5.41, 5.74) is 4.91. The molecule has 1 aromatic heterocycles. The van der Waals surface area contributed by atoms with Crippen molar-refractivity contribution in [2.75, 3.05) is 0 Å². The molecule has 0 radical (unpaired) electrons. The fourth-order valence-corrected chi connectivity index (χ4v) is 2.92. The maximum absolute atomic E-state index is 5.63. The number of nitrogens with zero attached hydrogens (tertiary/aromatic N) is 1. The highest BCUT2D eigenvalue weighted by Gasteiger charge is 2.15. The number of hydrogen-bond donors (Lipinski definition) is 2. The molecule has 2 aromatic rings. The lowest BCUT2D eigenvalue weighted by atomic mass is 10.0. The number of hydrogen-bond acceptors (Lipinski definition) is 3. The van der Waals surface area contributed by atoms with Gasteiger partial charge in [-0.15, -0.1) is 0 Å². The average Bonchev–Trinajstić information content (AvgIpc) is 2.34. The minimum absolute atomic E-state index is 0.0776. The molecule has 88 valence electrons. The van der Waals surface area contributed by atoms with Crippen LogP contribution in [0.5, 0.6) is 0 Å². The van der Waals surface area contributed by atoms with Crippen molar-refractivity contribution in [3.63, 3.8) is 0 Å². The van der Waals surface area contributed by atoms with E-state index in [4.69, 9.17) is 5.84 Å². The summed E-state index contributed by atoms with van der Waals surface area (Å²) in [5, 5.41) is 0. The molecule has 5 heteroatoms. The van der Waals surface area contributed by atoms with Crippen molar-refractivity contribution in [3.8, 4) is 0 Å². The maximum Gasteiger partial charge on any atom is 0.0735 e. The van der Waals surface area contributed by atoms with Gasteiger partial charge in [-0.05, 0) is 29.3 Å². The standard InChI is InChI=1S/C12H11Br2N3/c13-9-3-4-10(11(14)6-9)12(17-15)8-2-1-5-16-7-8/h1-7,12,17H,15H2. The van der Waals surface area contributed by atoms with Crippen LogP contribution in [0, 0.1) is 0 Å². The molecule has 1 heterocycles. The molecule has 0 fully saturated rings. The second-order valence-electron chi connectivity index (χ2n) is 3.55. The van der Waals surface area contributed by atoms with Gasteiger partial charge in [-0.3, -0.25) is 10.8 Å². The Morgan fingerprint density at radius 1 is 1.24 bits per heavy atom. The molecule has 0 saturated carbocycles. The van der Waals surface area contributed by atoms with E-state index in [0.717, 1.165) is 20.1 Å². The zero-order valence-corrected chi connectivity index (χ0v) is 12.1. The Bertz CT molecular complexity index is 502. The number of aromatic nitrogens is 1. The third-order valence-electron chi connectivity index (χ3n) is 2.46. The monoisotopic (exact) mass is 355 g/mol. The number of nitrogens with one attached hydrogen (secondary N) is 1. The number of benzene rings is 1. The average molecular weight is 357 g/mol. The van der Waals surface area contributed by atoms with E-state index in [9.17, 15) is 0 Å². The van der Waals surface area contributed by atoms with Crippen LogP contribution in [0.1, 0.15) is 17.2 Å². The molecule has 0 aliphatic rings. The van der Waals surface area contributed by atoms with Crippen LogP contribution >= 0.6 is 31.9 Å². The normalized spacial score (nSPS) is 12.4. The molecule has 0 spiro atoms. The molecule has 3 nitrogen and oxygen atoms in total. The minimum atomic E-state index is -0.0776. The summed E-state index contributed by atoms with van der Waals surface area (Å²) in [6.07, 6.45) is 3.55. The maximum atomic E-state index is 5.63. The molecule has 17 heavy (non-hydrogen) atoms. The lowest BCUT2D eigenvalue weighted by molar-refractivity contribution is 0.632. The lowest BCUT2D eigenvalue weighted by Crippen LogP contribution is -2.29. The SMILES string of the molecule is NNC(c1cccnc1)c1ccc(Br)cc1Br. The third-order valence-corrected chi connectivity index (χ3v) is 3.64. The van der Waals surface area contributed by atoms with Crippen LogP contribution < -0.4 is 11.3 Å². The molecule has 0 amide bonds. The summed E-state index contributed by atoms with van der Waals surface area (Å²) in [6.45, 7) is 0. The highest BCUT2D eigenvalue weighted by Crippen LogP contribution is 2.29. The van der Waals surface area contributed by atoms with E-state index >= 15 is 0 Å². The summed E-state index contributed by atoms with van der Waals surface area (Å²) < 4.78 is 2.02. The van der Waals surface area contributed by atoms with Crippen LogP contribution in [0.15, 0.2) is 51.7 Å². The van der Waals surface area contributed by atoms with E-state index in [-0.39, 0.29) is 6.04 Å². The van der Waals surface area contributed by atoms with Crippen molar-refractivity contribution in [1.82, 2.24) is 10.4 Å². The van der Waals surface area contributed by atoms with Gasteiger partial charge in [0.15, 0.2) is 0 Å². The second kappa shape index (κ2) is 5.73. The van der Waals surface area contributed by atoms with Crippen molar-refractivity contribution < 1.29 is 0 Å². The van der Waals surface area contributed by atoms with Gasteiger partial charge in [0.05, 0.1) is 6.04 Å². The van der Waals surface area contributed by atoms with Gasteiger partial charge in [-0.1, -0.05) is 44.0 Å². The molecule has 1 unspecified atom stereocenters. The van der Waals surface area contributed by atoms with Gasteiger partial charge in [0.1, 0.15) is 0 Å². The number of halogens is 2. The molecule has 2 rings (SSSR count). The smallest absolute Gasteiger partial charge is 0.0735 e. The Hall–Kier alpha value is -0.750. The van der Waals surface area contributed by atoms with Gasteiger partial charge in [-0.25, -0.2) is 5.43 Å². The van der Waals surface area contributed by atoms with Gasteiger partial charge in [0, 0.05) is 21.3 Å². The summed E-state index contributed by atoms with van der Waals surface area (Å²) in [5.74, 6) is 5.63. The van der Waals surface area contributed by atoms with Gasteiger partial charge in [-0.2, -0.15) is 0 Å². The molecule has 0 aliphatic carbocycles. The first-order valence-corrected chi connectivity index (χ1v) is 6.62. The predicted octanol–water partition coefficient (Wildman–Crippen LogP) is 3.16. The predicted molar refractivity (Wildman–Crippen MR) is 75.2 cm³/mol. The lowest BCUT2D eigenvalue weighted by Gasteiger charge is -2.18. The first kappa shape index (κ1) is 12.7. The largest absolute Gasteiger partial charge is 0.271 e. The molecule has 0 bridgehead atoms. The van der Waals surface area contributed by atoms with Gasteiger partial charge in [0.25, 0.3) is 0 Å². The topological polar surface area (TPSA) is 50.9 Å². The van der Waals surface area contributed by atoms with E-state index in [1.807, 2.05) is 30.3 Å². The van der Waals surface area contributed by atoms with Crippen molar-refractivity contribution in [2.45, 2.75) is 6.04 Å². The molecular formula is C12H11Br2N3. The Balaban J connectivity index is 2.42. The minimum Gasteiger partial charge on any atom is -0.271 e. The first-order chi connectivity index (χ1) is 8.22. The quantitative estimate of drug-likeness (QED) is 0.656. The van der Waals surface area contributed by atoms with E-state index in [2.05, 4.69) is 42.3 Å². The first-order valence-electron chi connectivity index (χ1n) is 5.03. The van der Waals surface area contributed by atoms with Crippen LogP contribution in [0.3, 0.4) is 0 Å². The van der Waals surface area contributed by atoms with Crippen molar-refractivity contribution >= 4 is 31.9 Å². The Labute approximate surface area is 117 Å². The van der Waals surface area contributed by atoms with Gasteiger partial charge < -0.3 is 0 Å². The van der Waals surface area contributed by atoms with E-state index in [1.54, 1.807) is 12.4 Å². The summed E-state index contributed by atoms with van der Waals surface area (Å²) >= 11 is 6.97. The van der Waals surface area contributed by atoms with Crippen LogP contribution in [0.25, 0.3) is 0 Å². The van der Waals surface area contributed by atoms with Crippen molar-refractivity contribution in [2.24, 2.45) is 5.84 Å². The summed E-state index contributed by atoms with van der Waals surface area (Å²) in [7, 11) is 0. The van der Waals surface area contributed by atoms with Crippen molar-refractivity contribution in [1.29, 1.82) is 0 Å². The van der Waals surface area contributed by atoms with Gasteiger partial charge in [0.2, 0.25) is 0 Å². The molecular weight excluding hydrogens is 346 g/mol. The van der Waals surface area contributed by atoms with E-state index < -0.39 is 0 Å². The molecule has 1 atom stereocenters. The van der Waals surface area contributed by atoms with Gasteiger partial charge >= 0.3 is 0 Å². The van der Waals surface area contributed by atoms with E-state index in [1.165, 1.54) is 0 Å². The second-order valence-corrected chi connectivity index (χ2v) is 5.32. The molecule has 0 aliphatic heterocycles. The highest BCUT2D eigenvalue weighted by molar-refractivity contribution is 9.11. The van der Waals surface area contributed by atoms with Crippen LogP contribution in [-0.4, -0.2) is 4.98 Å². The summed E-state index contributed by atoms with van der Waals surface area (Å²) in [6, 6.07) is 9.81. The fraction of sp³-hybridized carbons (Fsp3) is 0.0833.